The number of hydrogen-bond acceptors (Lipinski definition) is 8. The van der Waals surface area contributed by atoms with Gasteiger partial charge in [-0.2, -0.15) is 4.98 Å². The molecule has 1 unspecified atom stereocenters. The van der Waals surface area contributed by atoms with Gasteiger partial charge < -0.3 is 20.0 Å². The Morgan fingerprint density at radius 2 is 1.98 bits per heavy atom. The normalized spacial score (nSPS) is 20.0. The molecule has 6 rings (SSSR count). The Hall–Kier alpha value is -4.07. The first-order chi connectivity index (χ1) is 19.5. The minimum atomic E-state index is -4.17. The fraction of sp³-hybridized carbons (Fsp3) is 0.407. The quantitative estimate of drug-likeness (QED) is 0.300. The number of aryl methyl sites for hydroxylation is 1. The van der Waals surface area contributed by atoms with Gasteiger partial charge in [0.05, 0.1) is 11.4 Å². The van der Waals surface area contributed by atoms with Crippen molar-refractivity contribution < 1.29 is 31.5 Å². The number of carbonyl (C=O) groups excluding carboxylic acids is 2. The lowest BCUT2D eigenvalue weighted by Crippen LogP contribution is -2.41. The van der Waals surface area contributed by atoms with E-state index in [2.05, 4.69) is 20.3 Å². The second kappa shape index (κ2) is 9.79. The van der Waals surface area contributed by atoms with Crippen molar-refractivity contribution in [3.63, 3.8) is 0 Å². The minimum Gasteiger partial charge on any atom is -0.391 e. The van der Waals surface area contributed by atoms with Crippen LogP contribution in [0, 0.1) is 12.8 Å². The molecular weight excluding hydrogens is 558 g/mol. The van der Waals surface area contributed by atoms with Crippen LogP contribution in [-0.2, 0) is 19.4 Å². The van der Waals surface area contributed by atoms with Crippen LogP contribution in [0.2, 0.25) is 0 Å². The number of alkyl halides is 2. The number of pyridine rings is 1. The number of fused-ring (bicyclic) bond motifs is 3. The number of aromatic amines is 1. The molecule has 0 spiro atoms. The van der Waals surface area contributed by atoms with Crippen LogP contribution in [0.1, 0.15) is 38.2 Å². The van der Waals surface area contributed by atoms with Gasteiger partial charge in [-0.25, -0.2) is 26.9 Å². The van der Waals surface area contributed by atoms with Gasteiger partial charge in [-0.1, -0.05) is 25.1 Å². The van der Waals surface area contributed by atoms with Crippen molar-refractivity contribution in [1.82, 2.24) is 24.9 Å². The van der Waals surface area contributed by atoms with Crippen LogP contribution in [0.15, 0.2) is 46.5 Å². The summed E-state index contributed by atoms with van der Waals surface area (Å²) in [4.78, 5) is 36.9. The number of aromatic nitrogens is 4. The zero-order chi connectivity index (χ0) is 29.1. The monoisotopic (exact) mass is 586 g/mol. The van der Waals surface area contributed by atoms with Crippen LogP contribution in [-0.4, -0.2) is 65.0 Å². The number of H-pyrrole nitrogens is 1. The van der Waals surface area contributed by atoms with Crippen LogP contribution in [0.25, 0.3) is 22.1 Å². The molecule has 4 heterocycles. The first kappa shape index (κ1) is 27.1. The molecule has 2 atom stereocenters. The molecule has 216 valence electrons. The number of amides is 1. The van der Waals surface area contributed by atoms with Gasteiger partial charge in [0.2, 0.25) is 15.7 Å². The lowest BCUT2D eigenvalue weighted by Gasteiger charge is -2.23. The summed E-state index contributed by atoms with van der Waals surface area (Å²) in [6.07, 6.45) is 2.23. The Morgan fingerprint density at radius 3 is 2.68 bits per heavy atom. The van der Waals surface area contributed by atoms with Crippen molar-refractivity contribution in [2.45, 2.75) is 61.4 Å². The lowest BCUT2D eigenvalue weighted by atomic mass is 10.2. The third-order valence-electron chi connectivity index (χ3n) is 7.46. The topological polar surface area (TPSA) is 139 Å². The molecule has 0 radical (unpaired) electrons. The van der Waals surface area contributed by atoms with E-state index in [1.165, 1.54) is 10.7 Å². The maximum atomic E-state index is 13.9. The van der Waals surface area contributed by atoms with Gasteiger partial charge >= 0.3 is 12.0 Å². The van der Waals surface area contributed by atoms with Gasteiger partial charge in [0, 0.05) is 37.0 Å². The van der Waals surface area contributed by atoms with E-state index in [9.17, 15) is 26.8 Å². The SMILES string of the molecule is CCCC(=O)Oc1nc2c(S(=O)(=O)c3ccccc3C)nc3[nH]ccc3c2n1N1CC[C@@H](NC(=O)C2CC2(F)F)C1. The van der Waals surface area contributed by atoms with Crippen molar-refractivity contribution in [1.29, 1.82) is 0 Å². The Balaban J connectivity index is 1.48. The lowest BCUT2D eigenvalue weighted by molar-refractivity contribution is -0.135. The average Bonchev–Trinajstić information content (AvgIpc) is 3.33. The molecule has 2 fully saturated rings. The number of imidazole rings is 1. The Bertz CT molecular complexity index is 1800. The second-order valence-corrected chi connectivity index (χ2v) is 12.3. The van der Waals surface area contributed by atoms with E-state index in [1.54, 1.807) is 42.4 Å². The molecule has 4 aromatic rings. The Labute approximate surface area is 233 Å². The van der Waals surface area contributed by atoms with Crippen molar-refractivity contribution in [3.8, 4) is 6.01 Å². The molecule has 2 N–H and O–H groups in total. The second-order valence-electron chi connectivity index (χ2n) is 10.5. The Morgan fingerprint density at radius 1 is 1.22 bits per heavy atom. The highest BCUT2D eigenvalue weighted by Crippen LogP contribution is 2.48. The zero-order valence-corrected chi connectivity index (χ0v) is 23.2. The van der Waals surface area contributed by atoms with Crippen molar-refractivity contribution in [3.05, 3.63) is 42.1 Å². The van der Waals surface area contributed by atoms with E-state index in [0.29, 0.717) is 35.9 Å². The molecule has 1 saturated carbocycles. The molecule has 0 bridgehead atoms. The first-order valence-electron chi connectivity index (χ1n) is 13.4. The maximum Gasteiger partial charge on any atom is 0.324 e. The number of carbonyl (C=O) groups is 2. The van der Waals surface area contributed by atoms with Gasteiger partial charge in [-0.05, 0) is 37.5 Å². The summed E-state index contributed by atoms with van der Waals surface area (Å²) in [5, 5.41) is 4.69. The predicted molar refractivity (Wildman–Crippen MR) is 144 cm³/mol. The highest BCUT2D eigenvalue weighted by molar-refractivity contribution is 7.91. The summed E-state index contributed by atoms with van der Waals surface area (Å²) in [5.74, 6) is -5.55. The number of sulfone groups is 1. The molecule has 1 aliphatic heterocycles. The number of halogens is 2. The first-order valence-corrected chi connectivity index (χ1v) is 14.8. The van der Waals surface area contributed by atoms with Crippen molar-refractivity contribution in [2.75, 3.05) is 18.1 Å². The summed E-state index contributed by atoms with van der Waals surface area (Å²) in [6, 6.07) is 7.66. The fourth-order valence-corrected chi connectivity index (χ4v) is 6.82. The molecule has 1 aromatic carbocycles. The van der Waals surface area contributed by atoms with Crippen LogP contribution in [0.3, 0.4) is 0 Å². The summed E-state index contributed by atoms with van der Waals surface area (Å²) < 4.78 is 62.0. The number of hydrogen-bond donors (Lipinski definition) is 2. The van der Waals surface area contributed by atoms with E-state index in [-0.39, 0.29) is 40.1 Å². The molecule has 41 heavy (non-hydrogen) atoms. The fourth-order valence-electron chi connectivity index (χ4n) is 5.26. The van der Waals surface area contributed by atoms with Gasteiger partial charge in [0.1, 0.15) is 22.6 Å². The third kappa shape index (κ3) is 4.69. The molecule has 2 aliphatic rings. The standard InChI is InChI=1S/C27H28F2N6O5S/c1-3-6-20(36)40-26-32-21-22(35(26)34-12-10-16(14-34)31-24(37)18-13-27(18,28)29)17-9-11-30-23(17)33-25(21)41(38,39)19-8-5-4-7-15(19)2/h4-5,7-9,11,16,18H,3,6,10,12-14H2,1-2H3,(H,30,33)(H,31,37)/t16-,18?/m1/s1. The van der Waals surface area contributed by atoms with Crippen LogP contribution in [0.4, 0.5) is 8.78 Å². The highest BCUT2D eigenvalue weighted by Gasteiger charge is 2.61. The average molecular weight is 587 g/mol. The smallest absolute Gasteiger partial charge is 0.324 e. The van der Waals surface area contributed by atoms with E-state index < -0.39 is 46.0 Å². The number of nitrogens with one attached hydrogen (secondary N) is 2. The van der Waals surface area contributed by atoms with Crippen molar-refractivity contribution >= 4 is 43.8 Å². The van der Waals surface area contributed by atoms with Crippen LogP contribution >= 0.6 is 0 Å². The molecular formula is C27H28F2N6O5S. The third-order valence-corrected chi connectivity index (χ3v) is 9.29. The summed E-state index contributed by atoms with van der Waals surface area (Å²) >= 11 is 0. The number of esters is 1. The van der Waals surface area contributed by atoms with E-state index in [1.807, 2.05) is 6.92 Å². The number of nitrogens with zero attached hydrogens (tertiary/aromatic N) is 4. The van der Waals surface area contributed by atoms with Crippen LogP contribution < -0.4 is 15.1 Å². The van der Waals surface area contributed by atoms with E-state index in [0.717, 1.165) is 0 Å². The van der Waals surface area contributed by atoms with Gasteiger partial charge in [0.15, 0.2) is 5.03 Å². The zero-order valence-electron chi connectivity index (χ0n) is 22.4. The van der Waals surface area contributed by atoms with Gasteiger partial charge in [-0.15, -0.1) is 0 Å². The van der Waals surface area contributed by atoms with Gasteiger partial charge in [0.25, 0.3) is 5.92 Å². The van der Waals surface area contributed by atoms with E-state index >= 15 is 0 Å². The molecule has 14 heteroatoms. The Kier molecular flexibility index (Phi) is 6.47. The molecule has 11 nitrogen and oxygen atoms in total. The summed E-state index contributed by atoms with van der Waals surface area (Å²) in [7, 11) is -4.17. The van der Waals surface area contributed by atoms with Crippen LogP contribution in [0.5, 0.6) is 6.01 Å². The summed E-state index contributed by atoms with van der Waals surface area (Å²) in [5.41, 5.74) is 1.19. The molecule has 1 amide bonds. The molecule has 3 aromatic heterocycles. The number of rotatable bonds is 8. The number of ether oxygens (including phenoxy) is 1. The van der Waals surface area contributed by atoms with Gasteiger partial charge in [-0.3, -0.25) is 9.59 Å². The molecule has 1 saturated heterocycles. The number of benzene rings is 1. The van der Waals surface area contributed by atoms with Crippen molar-refractivity contribution in [2.24, 2.45) is 5.92 Å². The highest BCUT2D eigenvalue weighted by atomic mass is 32.2. The van der Waals surface area contributed by atoms with E-state index in [4.69, 9.17) is 4.74 Å². The molecule has 1 aliphatic carbocycles. The largest absolute Gasteiger partial charge is 0.391 e. The predicted octanol–water partition coefficient (Wildman–Crippen LogP) is 3.24. The minimum absolute atomic E-state index is 0.0183. The maximum absolute atomic E-state index is 13.9. The summed E-state index contributed by atoms with van der Waals surface area (Å²) in [6.45, 7) is 4.05.